The number of nitrogens with one attached hydrogen (secondary N) is 2. The van der Waals surface area contributed by atoms with Gasteiger partial charge in [0, 0.05) is 24.7 Å². The Bertz CT molecular complexity index is 393. The summed E-state index contributed by atoms with van der Waals surface area (Å²) in [5, 5.41) is 3.38. The van der Waals surface area contributed by atoms with Crippen LogP contribution in [0.1, 0.15) is 46.5 Å². The maximum Gasteiger partial charge on any atom is 0.279 e. The van der Waals surface area contributed by atoms with Gasteiger partial charge in [0.05, 0.1) is 0 Å². The maximum absolute atomic E-state index is 12.5. The molecule has 0 radical (unpaired) electrons. The van der Waals surface area contributed by atoms with E-state index in [1.807, 2.05) is 20.8 Å². The lowest BCUT2D eigenvalue weighted by Gasteiger charge is -2.29. The molecule has 1 atom stereocenters. The van der Waals surface area contributed by atoms with Crippen LogP contribution in [0.5, 0.6) is 0 Å². The fourth-order valence-corrected chi connectivity index (χ4v) is 4.16. The van der Waals surface area contributed by atoms with Crippen LogP contribution in [0.15, 0.2) is 0 Å². The van der Waals surface area contributed by atoms with Crippen LogP contribution in [0, 0.1) is 5.92 Å². The zero-order valence-corrected chi connectivity index (χ0v) is 13.1. The first kappa shape index (κ1) is 15.2. The highest BCUT2D eigenvalue weighted by atomic mass is 32.2. The molecule has 1 aliphatic heterocycles. The zero-order valence-electron chi connectivity index (χ0n) is 12.3. The monoisotopic (exact) mass is 289 g/mol. The number of rotatable bonds is 6. The molecule has 1 aliphatic carbocycles. The molecular weight excluding hydrogens is 262 g/mol. The Kier molecular flexibility index (Phi) is 4.55. The summed E-state index contributed by atoms with van der Waals surface area (Å²) in [4.78, 5) is 0. The Morgan fingerprint density at radius 2 is 1.89 bits per heavy atom. The Hall–Kier alpha value is -0.170. The second-order valence-corrected chi connectivity index (χ2v) is 8.58. The first-order valence-electron chi connectivity index (χ1n) is 7.29. The first-order chi connectivity index (χ1) is 8.76. The molecule has 19 heavy (non-hydrogen) atoms. The van der Waals surface area contributed by atoms with Crippen LogP contribution >= 0.6 is 0 Å². The van der Waals surface area contributed by atoms with Crippen LogP contribution in [0.3, 0.4) is 0 Å². The average molecular weight is 289 g/mol. The summed E-state index contributed by atoms with van der Waals surface area (Å²) in [6, 6.07) is 0.315. The van der Waals surface area contributed by atoms with E-state index in [-0.39, 0.29) is 0 Å². The largest absolute Gasteiger partial charge is 0.313 e. The molecule has 0 aromatic carbocycles. The Morgan fingerprint density at radius 1 is 1.21 bits per heavy atom. The van der Waals surface area contributed by atoms with E-state index in [0.717, 1.165) is 19.4 Å². The van der Waals surface area contributed by atoms with Crippen LogP contribution < -0.4 is 10.0 Å². The third kappa shape index (κ3) is 5.02. The fraction of sp³-hybridized carbons (Fsp3) is 1.00. The van der Waals surface area contributed by atoms with Crippen molar-refractivity contribution in [1.82, 2.24) is 14.3 Å². The SMILES string of the molecule is CC(C)(C)NS(=O)(=O)N(CC1CC1)CC1CCCN1. The minimum absolute atomic E-state index is 0.315. The number of hydrogen-bond donors (Lipinski definition) is 2. The molecule has 1 saturated carbocycles. The molecule has 6 heteroatoms. The van der Waals surface area contributed by atoms with E-state index < -0.39 is 15.7 Å². The fourth-order valence-electron chi connectivity index (χ4n) is 2.47. The summed E-state index contributed by atoms with van der Waals surface area (Å²) in [7, 11) is -3.38. The van der Waals surface area contributed by atoms with Gasteiger partial charge >= 0.3 is 0 Å². The van der Waals surface area contributed by atoms with Gasteiger partial charge in [-0.3, -0.25) is 0 Å². The van der Waals surface area contributed by atoms with Crippen molar-refractivity contribution in [2.24, 2.45) is 5.92 Å². The second kappa shape index (κ2) is 5.68. The molecule has 0 bridgehead atoms. The van der Waals surface area contributed by atoms with E-state index in [9.17, 15) is 8.42 Å². The lowest BCUT2D eigenvalue weighted by Crippen LogP contribution is -2.52. The van der Waals surface area contributed by atoms with Gasteiger partial charge in [0.15, 0.2) is 0 Å². The molecule has 0 spiro atoms. The first-order valence-corrected chi connectivity index (χ1v) is 8.73. The van der Waals surface area contributed by atoms with Crippen LogP contribution in [0.2, 0.25) is 0 Å². The molecule has 2 aliphatic rings. The van der Waals surface area contributed by atoms with Crippen molar-refractivity contribution in [2.45, 2.75) is 58.0 Å². The van der Waals surface area contributed by atoms with Gasteiger partial charge in [-0.1, -0.05) is 0 Å². The van der Waals surface area contributed by atoms with Gasteiger partial charge in [-0.25, -0.2) is 0 Å². The zero-order chi connectivity index (χ0) is 14.1. The van der Waals surface area contributed by atoms with Gasteiger partial charge in [-0.2, -0.15) is 17.4 Å². The summed E-state index contributed by atoms with van der Waals surface area (Å²) >= 11 is 0. The highest BCUT2D eigenvalue weighted by Gasteiger charge is 2.34. The molecule has 2 rings (SSSR count). The third-order valence-electron chi connectivity index (χ3n) is 3.52. The minimum Gasteiger partial charge on any atom is -0.313 e. The summed E-state index contributed by atoms with van der Waals surface area (Å²) in [5.74, 6) is 0.568. The van der Waals surface area contributed by atoms with Gasteiger partial charge in [0.1, 0.15) is 0 Å². The van der Waals surface area contributed by atoms with E-state index in [0.29, 0.717) is 25.0 Å². The van der Waals surface area contributed by atoms with Crippen molar-refractivity contribution in [3.8, 4) is 0 Å². The quantitative estimate of drug-likeness (QED) is 0.769. The van der Waals surface area contributed by atoms with E-state index in [4.69, 9.17) is 0 Å². The van der Waals surface area contributed by atoms with Gasteiger partial charge in [0.2, 0.25) is 0 Å². The summed E-state index contributed by atoms with van der Waals surface area (Å²) in [6.45, 7) is 7.93. The van der Waals surface area contributed by atoms with Crippen molar-refractivity contribution >= 4 is 10.2 Å². The summed E-state index contributed by atoms with van der Waals surface area (Å²) in [6.07, 6.45) is 4.56. The van der Waals surface area contributed by atoms with E-state index in [2.05, 4.69) is 10.0 Å². The topological polar surface area (TPSA) is 61.4 Å². The maximum atomic E-state index is 12.5. The summed E-state index contributed by atoms with van der Waals surface area (Å²) in [5.41, 5.74) is -0.427. The third-order valence-corrected chi connectivity index (χ3v) is 5.37. The van der Waals surface area contributed by atoms with Gasteiger partial charge in [-0.05, 0) is 58.9 Å². The smallest absolute Gasteiger partial charge is 0.279 e. The van der Waals surface area contributed by atoms with Crippen molar-refractivity contribution < 1.29 is 8.42 Å². The lowest BCUT2D eigenvalue weighted by atomic mass is 10.1. The average Bonchev–Trinajstić information content (AvgIpc) is 2.88. The second-order valence-electron chi connectivity index (χ2n) is 6.91. The predicted molar refractivity (Wildman–Crippen MR) is 77.1 cm³/mol. The van der Waals surface area contributed by atoms with Gasteiger partial charge < -0.3 is 5.32 Å². The van der Waals surface area contributed by atoms with Crippen molar-refractivity contribution in [1.29, 1.82) is 0 Å². The Balaban J connectivity index is 2.02. The van der Waals surface area contributed by atoms with E-state index >= 15 is 0 Å². The molecule has 1 unspecified atom stereocenters. The molecule has 1 saturated heterocycles. The van der Waals surface area contributed by atoms with Gasteiger partial charge in [0.25, 0.3) is 10.2 Å². The molecular formula is C13H27N3O2S. The highest BCUT2D eigenvalue weighted by Crippen LogP contribution is 2.30. The molecule has 5 nitrogen and oxygen atoms in total. The minimum atomic E-state index is -3.38. The Morgan fingerprint density at radius 3 is 2.37 bits per heavy atom. The standard InChI is InChI=1S/C13H27N3O2S/c1-13(2,3)15-19(17,18)16(9-11-6-7-11)10-12-5-4-8-14-12/h11-12,14-15H,4-10H2,1-3H3. The van der Waals surface area contributed by atoms with Crippen LogP contribution in [0.25, 0.3) is 0 Å². The van der Waals surface area contributed by atoms with Crippen LogP contribution in [-0.2, 0) is 10.2 Å². The predicted octanol–water partition coefficient (Wildman–Crippen LogP) is 1.08. The Labute approximate surface area is 117 Å². The van der Waals surface area contributed by atoms with Crippen LogP contribution in [0.4, 0.5) is 0 Å². The van der Waals surface area contributed by atoms with E-state index in [1.54, 1.807) is 4.31 Å². The van der Waals surface area contributed by atoms with Crippen molar-refractivity contribution in [2.75, 3.05) is 19.6 Å². The number of hydrogen-bond acceptors (Lipinski definition) is 3. The molecule has 0 amide bonds. The van der Waals surface area contributed by atoms with Crippen molar-refractivity contribution in [3.05, 3.63) is 0 Å². The highest BCUT2D eigenvalue weighted by molar-refractivity contribution is 7.87. The molecule has 0 aromatic rings. The van der Waals surface area contributed by atoms with Crippen LogP contribution in [-0.4, -0.2) is 43.9 Å². The lowest BCUT2D eigenvalue weighted by molar-refractivity contribution is 0.343. The summed E-state index contributed by atoms with van der Waals surface area (Å²) < 4.78 is 29.4. The molecule has 1 heterocycles. The van der Waals surface area contributed by atoms with Crippen molar-refractivity contribution in [3.63, 3.8) is 0 Å². The van der Waals surface area contributed by atoms with Gasteiger partial charge in [-0.15, -0.1) is 0 Å². The molecule has 112 valence electrons. The molecule has 2 N–H and O–H groups in total. The normalized spacial score (nSPS) is 25.2. The van der Waals surface area contributed by atoms with E-state index in [1.165, 1.54) is 12.8 Å². The molecule has 0 aromatic heterocycles. The molecule has 2 fully saturated rings. The number of nitrogens with zero attached hydrogens (tertiary/aromatic N) is 1.